The molecule has 1 aromatic heterocycles. The highest BCUT2D eigenvalue weighted by atomic mass is 16.5. The van der Waals surface area contributed by atoms with E-state index in [1.54, 1.807) is 20.4 Å². The third-order valence-corrected chi connectivity index (χ3v) is 3.21. The van der Waals surface area contributed by atoms with Crippen molar-refractivity contribution in [3.05, 3.63) is 29.0 Å². The number of methoxy groups -OCH3 is 2. The average molecular weight is 246 g/mol. The smallest absolute Gasteiger partial charge is 0.293 e. The molecule has 0 saturated heterocycles. The van der Waals surface area contributed by atoms with Crippen LogP contribution < -0.4 is 9.47 Å². The highest BCUT2D eigenvalue weighted by Crippen LogP contribution is 2.37. The number of aromatic nitrogens is 2. The van der Waals surface area contributed by atoms with Gasteiger partial charge in [-0.2, -0.15) is 0 Å². The van der Waals surface area contributed by atoms with Crippen LogP contribution in [0.15, 0.2) is 12.3 Å². The van der Waals surface area contributed by atoms with Gasteiger partial charge in [0.05, 0.1) is 26.1 Å². The van der Waals surface area contributed by atoms with Crippen LogP contribution >= 0.6 is 0 Å². The van der Waals surface area contributed by atoms with Crippen LogP contribution in [-0.2, 0) is 0 Å². The third kappa shape index (κ3) is 1.94. The van der Waals surface area contributed by atoms with Crippen LogP contribution in [0.3, 0.4) is 0 Å². The zero-order valence-electron chi connectivity index (χ0n) is 11.4. The van der Waals surface area contributed by atoms with Gasteiger partial charge in [-0.05, 0) is 37.5 Å². The van der Waals surface area contributed by atoms with Crippen molar-refractivity contribution in [3.8, 4) is 23.0 Å². The monoisotopic (exact) mass is 246 g/mol. The van der Waals surface area contributed by atoms with Gasteiger partial charge in [-0.3, -0.25) is 0 Å². The summed E-state index contributed by atoms with van der Waals surface area (Å²) in [6, 6.07) is 2.66. The number of H-pyrrole nitrogens is 1. The second-order valence-corrected chi connectivity index (χ2v) is 4.35. The third-order valence-electron chi connectivity index (χ3n) is 3.21. The number of ether oxygens (including phenoxy) is 2. The first-order chi connectivity index (χ1) is 8.58. The molecule has 96 valence electrons. The van der Waals surface area contributed by atoms with Gasteiger partial charge >= 0.3 is 0 Å². The summed E-state index contributed by atoms with van der Waals surface area (Å²) in [4.78, 5) is 7.27. The van der Waals surface area contributed by atoms with E-state index in [1.807, 2.05) is 0 Å². The number of hydrogen-bond acceptors (Lipinski definition) is 3. The minimum absolute atomic E-state index is 0.504. The van der Waals surface area contributed by atoms with Gasteiger partial charge in [-0.15, -0.1) is 0 Å². The lowest BCUT2D eigenvalue weighted by atomic mass is 9.97. The van der Waals surface area contributed by atoms with Crippen molar-refractivity contribution < 1.29 is 9.47 Å². The standard InChI is InChI=1S/C14H18N2O2/c1-8-6-9(2)12(13(17-4)10(8)3)11-7-15-14(16-11)18-5/h6-7H,1-5H3,(H,15,16). The molecule has 0 bridgehead atoms. The molecule has 0 saturated carbocycles. The number of rotatable bonds is 3. The molecule has 0 amide bonds. The largest absolute Gasteiger partial charge is 0.496 e. The van der Waals surface area contributed by atoms with Crippen LogP contribution in [0.5, 0.6) is 11.8 Å². The van der Waals surface area contributed by atoms with Gasteiger partial charge in [0.1, 0.15) is 5.75 Å². The number of nitrogens with one attached hydrogen (secondary N) is 1. The maximum atomic E-state index is 5.55. The Kier molecular flexibility index (Phi) is 3.28. The lowest BCUT2D eigenvalue weighted by Crippen LogP contribution is -1.97. The molecule has 2 aromatic rings. The lowest BCUT2D eigenvalue weighted by molar-refractivity contribution is 0.384. The highest BCUT2D eigenvalue weighted by molar-refractivity contribution is 5.73. The molecular weight excluding hydrogens is 228 g/mol. The van der Waals surface area contributed by atoms with Crippen LogP contribution in [0.4, 0.5) is 0 Å². The molecule has 18 heavy (non-hydrogen) atoms. The summed E-state index contributed by atoms with van der Waals surface area (Å²) < 4.78 is 10.6. The number of aryl methyl sites for hydroxylation is 2. The van der Waals surface area contributed by atoms with Crippen molar-refractivity contribution in [1.29, 1.82) is 0 Å². The number of benzene rings is 1. The fourth-order valence-electron chi connectivity index (χ4n) is 2.17. The van der Waals surface area contributed by atoms with E-state index < -0.39 is 0 Å². The van der Waals surface area contributed by atoms with E-state index in [0.29, 0.717) is 6.01 Å². The van der Waals surface area contributed by atoms with Crippen molar-refractivity contribution >= 4 is 0 Å². The molecule has 2 rings (SSSR count). The Morgan fingerprint density at radius 2 is 1.78 bits per heavy atom. The number of hydrogen-bond donors (Lipinski definition) is 1. The molecule has 0 aliphatic rings. The van der Waals surface area contributed by atoms with Crippen molar-refractivity contribution in [3.63, 3.8) is 0 Å². The summed E-state index contributed by atoms with van der Waals surface area (Å²) in [5.74, 6) is 0.888. The Bertz CT molecular complexity index is 573. The second-order valence-electron chi connectivity index (χ2n) is 4.35. The summed E-state index contributed by atoms with van der Waals surface area (Å²) in [5.41, 5.74) is 5.47. The summed E-state index contributed by atoms with van der Waals surface area (Å²) in [5, 5.41) is 0. The van der Waals surface area contributed by atoms with E-state index in [1.165, 1.54) is 5.56 Å². The maximum absolute atomic E-state index is 5.55. The zero-order chi connectivity index (χ0) is 13.3. The first-order valence-corrected chi connectivity index (χ1v) is 5.82. The van der Waals surface area contributed by atoms with Crippen molar-refractivity contribution in [2.24, 2.45) is 0 Å². The summed E-state index contributed by atoms with van der Waals surface area (Å²) in [7, 11) is 3.28. The molecule has 0 aliphatic heterocycles. The first-order valence-electron chi connectivity index (χ1n) is 5.82. The fourth-order valence-corrected chi connectivity index (χ4v) is 2.17. The molecule has 1 N–H and O–H groups in total. The van der Waals surface area contributed by atoms with E-state index in [0.717, 1.165) is 28.1 Å². The normalized spacial score (nSPS) is 10.5. The Labute approximate surface area is 107 Å². The molecular formula is C14H18N2O2. The SMILES string of the molecule is COc1ncc(-c2c(C)cc(C)c(C)c2OC)[nH]1. The van der Waals surface area contributed by atoms with Crippen molar-refractivity contribution in [2.75, 3.05) is 14.2 Å². The molecule has 0 unspecified atom stereocenters. The molecule has 0 atom stereocenters. The first kappa shape index (κ1) is 12.5. The van der Waals surface area contributed by atoms with E-state index in [-0.39, 0.29) is 0 Å². The second kappa shape index (κ2) is 4.72. The summed E-state index contributed by atoms with van der Waals surface area (Å²) in [6.45, 7) is 6.21. The Balaban J connectivity index is 2.66. The van der Waals surface area contributed by atoms with Crippen molar-refractivity contribution in [2.45, 2.75) is 20.8 Å². The Morgan fingerprint density at radius 1 is 1.06 bits per heavy atom. The quantitative estimate of drug-likeness (QED) is 0.905. The predicted molar refractivity (Wildman–Crippen MR) is 71.3 cm³/mol. The highest BCUT2D eigenvalue weighted by Gasteiger charge is 2.16. The molecule has 0 aliphatic carbocycles. The van der Waals surface area contributed by atoms with Crippen LogP contribution in [0.25, 0.3) is 11.3 Å². The van der Waals surface area contributed by atoms with Gasteiger partial charge in [-0.1, -0.05) is 6.07 Å². The van der Waals surface area contributed by atoms with Gasteiger partial charge in [0.2, 0.25) is 0 Å². The molecule has 4 heteroatoms. The number of aromatic amines is 1. The minimum atomic E-state index is 0.504. The molecule has 0 spiro atoms. The van der Waals surface area contributed by atoms with E-state index in [2.05, 4.69) is 36.8 Å². The molecule has 4 nitrogen and oxygen atoms in total. The van der Waals surface area contributed by atoms with Gasteiger partial charge in [0.15, 0.2) is 0 Å². The predicted octanol–water partition coefficient (Wildman–Crippen LogP) is 3.02. The zero-order valence-corrected chi connectivity index (χ0v) is 11.4. The summed E-state index contributed by atoms with van der Waals surface area (Å²) in [6.07, 6.45) is 1.76. The fraction of sp³-hybridized carbons (Fsp3) is 0.357. The van der Waals surface area contributed by atoms with Crippen molar-refractivity contribution in [1.82, 2.24) is 9.97 Å². The number of imidazole rings is 1. The van der Waals surface area contributed by atoms with E-state index >= 15 is 0 Å². The molecule has 0 fully saturated rings. The van der Waals surface area contributed by atoms with Gasteiger partial charge in [0, 0.05) is 5.56 Å². The average Bonchev–Trinajstić information content (AvgIpc) is 2.81. The van der Waals surface area contributed by atoms with Crippen LogP contribution in [0.1, 0.15) is 16.7 Å². The van der Waals surface area contributed by atoms with Gasteiger partial charge in [0.25, 0.3) is 6.01 Å². The molecule has 0 radical (unpaired) electrons. The van der Waals surface area contributed by atoms with E-state index in [4.69, 9.17) is 9.47 Å². The minimum Gasteiger partial charge on any atom is -0.496 e. The summed E-state index contributed by atoms with van der Waals surface area (Å²) >= 11 is 0. The topological polar surface area (TPSA) is 47.1 Å². The van der Waals surface area contributed by atoms with Crippen LogP contribution in [-0.4, -0.2) is 24.2 Å². The lowest BCUT2D eigenvalue weighted by Gasteiger charge is -2.15. The van der Waals surface area contributed by atoms with Crippen LogP contribution in [0.2, 0.25) is 0 Å². The molecule has 1 heterocycles. The Hall–Kier alpha value is -1.97. The Morgan fingerprint density at radius 3 is 2.33 bits per heavy atom. The maximum Gasteiger partial charge on any atom is 0.293 e. The number of nitrogens with zero attached hydrogens (tertiary/aromatic N) is 1. The molecule has 1 aromatic carbocycles. The van der Waals surface area contributed by atoms with E-state index in [9.17, 15) is 0 Å². The van der Waals surface area contributed by atoms with Gasteiger partial charge < -0.3 is 14.5 Å². The van der Waals surface area contributed by atoms with Gasteiger partial charge in [-0.25, -0.2) is 4.98 Å². The van der Waals surface area contributed by atoms with Crippen LogP contribution in [0, 0.1) is 20.8 Å².